The zero-order chi connectivity index (χ0) is 23.2. The van der Waals surface area contributed by atoms with Gasteiger partial charge in [0.2, 0.25) is 0 Å². The van der Waals surface area contributed by atoms with Gasteiger partial charge in [-0.05, 0) is 42.7 Å². The van der Waals surface area contributed by atoms with Crippen molar-refractivity contribution >= 4 is 28.5 Å². The predicted molar refractivity (Wildman–Crippen MR) is 129 cm³/mol. The van der Waals surface area contributed by atoms with Crippen LogP contribution in [0, 0.1) is 0 Å². The quantitative estimate of drug-likeness (QED) is 0.400. The normalized spacial score (nSPS) is 10.7. The second-order valence-corrected chi connectivity index (χ2v) is 7.56. The van der Waals surface area contributed by atoms with Gasteiger partial charge < -0.3 is 10.1 Å². The third kappa shape index (κ3) is 5.06. The van der Waals surface area contributed by atoms with Crippen molar-refractivity contribution < 1.29 is 14.3 Å². The van der Waals surface area contributed by atoms with Crippen LogP contribution in [0.4, 0.5) is 5.69 Å². The summed E-state index contributed by atoms with van der Waals surface area (Å²) in [6, 6.07) is 22.7. The molecule has 0 saturated carbocycles. The standard InChI is InChI=1S/C27H25N3O3/c1-3-18-10-9-12-20(16-18)26-28-23-15-8-6-13-21(23)25(30-26)27(32)29-22-14-7-5-11-19(22)17-24(31)33-4-2/h5-16H,3-4,17H2,1-2H3,(H,29,32). The first-order valence-corrected chi connectivity index (χ1v) is 11.0. The zero-order valence-electron chi connectivity index (χ0n) is 18.7. The van der Waals surface area contributed by atoms with Crippen LogP contribution < -0.4 is 5.32 Å². The van der Waals surface area contributed by atoms with Crippen molar-refractivity contribution in [3.63, 3.8) is 0 Å². The Morgan fingerprint density at radius 3 is 2.52 bits per heavy atom. The summed E-state index contributed by atoms with van der Waals surface area (Å²) in [6.07, 6.45) is 0.968. The largest absolute Gasteiger partial charge is 0.466 e. The minimum Gasteiger partial charge on any atom is -0.466 e. The van der Waals surface area contributed by atoms with Crippen LogP contribution in [0.25, 0.3) is 22.3 Å². The van der Waals surface area contributed by atoms with E-state index in [1.54, 1.807) is 19.1 Å². The van der Waals surface area contributed by atoms with E-state index in [4.69, 9.17) is 9.72 Å². The molecular formula is C27H25N3O3. The minimum atomic E-state index is -0.363. The Morgan fingerprint density at radius 2 is 1.70 bits per heavy atom. The summed E-state index contributed by atoms with van der Waals surface area (Å²) in [4.78, 5) is 34.7. The third-order valence-corrected chi connectivity index (χ3v) is 5.32. The number of hydrogen-bond acceptors (Lipinski definition) is 5. The number of hydrogen-bond donors (Lipinski definition) is 1. The predicted octanol–water partition coefficient (Wildman–Crippen LogP) is 5.22. The highest BCUT2D eigenvalue weighted by Crippen LogP contribution is 2.24. The summed E-state index contributed by atoms with van der Waals surface area (Å²) in [5, 5.41) is 3.59. The number of carbonyl (C=O) groups excluding carboxylic acids is 2. The number of para-hydroxylation sites is 2. The molecule has 0 aliphatic carbocycles. The van der Waals surface area contributed by atoms with Crippen molar-refractivity contribution in [2.24, 2.45) is 0 Å². The molecule has 1 N–H and O–H groups in total. The molecule has 0 radical (unpaired) electrons. The number of aryl methyl sites for hydroxylation is 1. The Balaban J connectivity index is 1.72. The van der Waals surface area contributed by atoms with Gasteiger partial charge in [0.1, 0.15) is 5.69 Å². The summed E-state index contributed by atoms with van der Waals surface area (Å²) < 4.78 is 5.06. The lowest BCUT2D eigenvalue weighted by atomic mass is 10.1. The summed E-state index contributed by atoms with van der Waals surface area (Å²) in [5.74, 6) is -0.212. The van der Waals surface area contributed by atoms with Crippen LogP contribution in [-0.2, 0) is 22.4 Å². The lowest BCUT2D eigenvalue weighted by molar-refractivity contribution is -0.142. The lowest BCUT2D eigenvalue weighted by Crippen LogP contribution is -2.17. The van der Waals surface area contributed by atoms with Crippen molar-refractivity contribution in [3.8, 4) is 11.4 Å². The zero-order valence-corrected chi connectivity index (χ0v) is 18.7. The topological polar surface area (TPSA) is 81.2 Å². The number of fused-ring (bicyclic) bond motifs is 1. The van der Waals surface area contributed by atoms with Gasteiger partial charge in [-0.2, -0.15) is 0 Å². The smallest absolute Gasteiger partial charge is 0.310 e. The molecule has 0 saturated heterocycles. The molecule has 1 heterocycles. The van der Waals surface area contributed by atoms with E-state index in [1.165, 1.54) is 5.56 Å². The van der Waals surface area contributed by atoms with Gasteiger partial charge in [-0.15, -0.1) is 0 Å². The van der Waals surface area contributed by atoms with Crippen LogP contribution in [0.2, 0.25) is 0 Å². The maximum atomic E-state index is 13.4. The lowest BCUT2D eigenvalue weighted by Gasteiger charge is -2.13. The number of benzene rings is 3. The van der Waals surface area contributed by atoms with Gasteiger partial charge in [0, 0.05) is 16.6 Å². The van der Waals surface area contributed by atoms with Gasteiger partial charge in [0.25, 0.3) is 5.91 Å². The highest BCUT2D eigenvalue weighted by molar-refractivity contribution is 6.11. The molecule has 6 heteroatoms. The van der Waals surface area contributed by atoms with E-state index in [0.717, 1.165) is 12.0 Å². The van der Waals surface area contributed by atoms with E-state index < -0.39 is 0 Å². The average Bonchev–Trinajstić information content (AvgIpc) is 2.84. The fraction of sp³-hybridized carbons (Fsp3) is 0.185. The molecule has 0 atom stereocenters. The molecule has 0 aliphatic rings. The van der Waals surface area contributed by atoms with E-state index in [9.17, 15) is 9.59 Å². The Hall–Kier alpha value is -4.06. The number of nitrogens with zero attached hydrogens (tertiary/aromatic N) is 2. The molecule has 0 bridgehead atoms. The molecule has 1 amide bonds. The first-order valence-electron chi connectivity index (χ1n) is 11.0. The Morgan fingerprint density at radius 1 is 0.909 bits per heavy atom. The van der Waals surface area contributed by atoms with Gasteiger partial charge in [-0.25, -0.2) is 9.97 Å². The minimum absolute atomic E-state index is 0.0733. The van der Waals surface area contributed by atoms with E-state index in [1.807, 2.05) is 54.6 Å². The molecular weight excluding hydrogens is 414 g/mol. The van der Waals surface area contributed by atoms with E-state index in [-0.39, 0.29) is 24.0 Å². The summed E-state index contributed by atoms with van der Waals surface area (Å²) in [5.41, 5.74) is 4.23. The Bertz CT molecular complexity index is 1320. The van der Waals surface area contributed by atoms with Gasteiger partial charge in [0.05, 0.1) is 18.5 Å². The summed E-state index contributed by atoms with van der Waals surface area (Å²) >= 11 is 0. The molecule has 0 spiro atoms. The second-order valence-electron chi connectivity index (χ2n) is 7.56. The average molecular weight is 440 g/mol. The molecule has 3 aromatic carbocycles. The number of rotatable bonds is 7. The molecule has 166 valence electrons. The van der Waals surface area contributed by atoms with Crippen LogP contribution in [0.3, 0.4) is 0 Å². The molecule has 1 aromatic heterocycles. The van der Waals surface area contributed by atoms with Crippen molar-refractivity contribution in [1.82, 2.24) is 9.97 Å². The first-order chi connectivity index (χ1) is 16.1. The SMILES string of the molecule is CCOC(=O)Cc1ccccc1NC(=O)c1nc(-c2cccc(CC)c2)nc2ccccc12. The highest BCUT2D eigenvalue weighted by Gasteiger charge is 2.18. The van der Waals surface area contributed by atoms with E-state index in [2.05, 4.69) is 23.3 Å². The molecule has 0 unspecified atom stereocenters. The van der Waals surface area contributed by atoms with Gasteiger partial charge in [-0.1, -0.05) is 61.5 Å². The van der Waals surface area contributed by atoms with Crippen LogP contribution in [0.15, 0.2) is 72.8 Å². The summed E-state index contributed by atoms with van der Waals surface area (Å²) in [7, 11) is 0. The van der Waals surface area contributed by atoms with E-state index in [0.29, 0.717) is 34.6 Å². The molecule has 0 aliphatic heterocycles. The van der Waals surface area contributed by atoms with Crippen LogP contribution in [0.1, 0.15) is 35.5 Å². The molecule has 0 fully saturated rings. The number of nitrogens with one attached hydrogen (secondary N) is 1. The number of anilines is 1. The monoisotopic (exact) mass is 439 g/mol. The van der Waals surface area contributed by atoms with Gasteiger partial charge >= 0.3 is 5.97 Å². The number of esters is 1. The maximum Gasteiger partial charge on any atom is 0.310 e. The number of ether oxygens (including phenoxy) is 1. The van der Waals surface area contributed by atoms with Crippen molar-refractivity contribution in [2.45, 2.75) is 26.7 Å². The van der Waals surface area contributed by atoms with Crippen LogP contribution >= 0.6 is 0 Å². The first kappa shape index (κ1) is 22.1. The fourth-order valence-corrected chi connectivity index (χ4v) is 3.65. The van der Waals surface area contributed by atoms with Crippen molar-refractivity contribution in [1.29, 1.82) is 0 Å². The van der Waals surface area contributed by atoms with Gasteiger partial charge in [0.15, 0.2) is 5.82 Å². The van der Waals surface area contributed by atoms with Gasteiger partial charge in [-0.3, -0.25) is 9.59 Å². The Kier molecular flexibility index (Phi) is 6.74. The highest BCUT2D eigenvalue weighted by atomic mass is 16.5. The summed E-state index contributed by atoms with van der Waals surface area (Å²) in [6.45, 7) is 4.16. The number of amides is 1. The maximum absolute atomic E-state index is 13.4. The molecule has 6 nitrogen and oxygen atoms in total. The molecule has 4 rings (SSSR count). The van der Waals surface area contributed by atoms with Crippen molar-refractivity contribution in [3.05, 3.63) is 89.6 Å². The van der Waals surface area contributed by atoms with Crippen molar-refractivity contribution in [2.75, 3.05) is 11.9 Å². The number of aromatic nitrogens is 2. The second kappa shape index (κ2) is 10.0. The Labute approximate surface area is 192 Å². The van der Waals surface area contributed by atoms with E-state index >= 15 is 0 Å². The number of carbonyl (C=O) groups is 2. The fourth-order valence-electron chi connectivity index (χ4n) is 3.65. The van der Waals surface area contributed by atoms with Crippen LogP contribution in [0.5, 0.6) is 0 Å². The third-order valence-electron chi connectivity index (χ3n) is 5.32. The molecule has 33 heavy (non-hydrogen) atoms. The molecule has 4 aromatic rings. The van der Waals surface area contributed by atoms with Crippen LogP contribution in [-0.4, -0.2) is 28.5 Å².